The Hall–Kier alpha value is -1.32. The molecule has 4 heteroatoms. The van der Waals surface area contributed by atoms with Crippen LogP contribution in [0.15, 0.2) is 47.1 Å². The quantitative estimate of drug-likeness (QED) is 0.637. The van der Waals surface area contributed by atoms with Crippen LogP contribution in [0, 0.1) is 0 Å². The smallest absolute Gasteiger partial charge is 0.0836 e. The summed E-state index contributed by atoms with van der Waals surface area (Å²) in [4.78, 5) is 0. The highest BCUT2D eigenvalue weighted by molar-refractivity contribution is 9.10. The number of benzene rings is 2. The molecule has 90 valence electrons. The Morgan fingerprint density at radius 1 is 1.17 bits per heavy atom. The van der Waals surface area contributed by atoms with E-state index in [-0.39, 0.29) is 0 Å². The number of aryl methyl sites for hydroxylation is 1. The number of hydrogen-bond acceptors (Lipinski definition) is 1. The van der Waals surface area contributed by atoms with Crippen molar-refractivity contribution in [2.75, 3.05) is 0 Å². The third-order valence-corrected chi connectivity index (χ3v) is 4.00. The Morgan fingerprint density at radius 3 is 2.67 bits per heavy atom. The van der Waals surface area contributed by atoms with Crippen molar-refractivity contribution in [3.05, 3.63) is 52.1 Å². The molecule has 0 atom stereocenters. The van der Waals surface area contributed by atoms with E-state index in [4.69, 9.17) is 11.6 Å². The van der Waals surface area contributed by atoms with E-state index < -0.39 is 0 Å². The zero-order valence-electron chi connectivity index (χ0n) is 9.69. The van der Waals surface area contributed by atoms with Gasteiger partial charge in [0.15, 0.2) is 0 Å². The molecule has 0 radical (unpaired) electrons. The van der Waals surface area contributed by atoms with Gasteiger partial charge in [-0.2, -0.15) is 5.10 Å². The molecule has 0 unspecified atom stereocenters. The summed E-state index contributed by atoms with van der Waals surface area (Å²) in [5.74, 6) is 0. The highest BCUT2D eigenvalue weighted by Crippen LogP contribution is 2.37. The van der Waals surface area contributed by atoms with Crippen LogP contribution in [-0.4, -0.2) is 9.78 Å². The van der Waals surface area contributed by atoms with Crippen LogP contribution in [-0.2, 0) is 7.05 Å². The van der Waals surface area contributed by atoms with Crippen molar-refractivity contribution < 1.29 is 0 Å². The van der Waals surface area contributed by atoms with Gasteiger partial charge in [-0.3, -0.25) is 4.68 Å². The van der Waals surface area contributed by atoms with Crippen LogP contribution in [0.4, 0.5) is 0 Å². The highest BCUT2D eigenvalue weighted by atomic mass is 79.9. The molecular formula is C14H10BrClN2. The summed E-state index contributed by atoms with van der Waals surface area (Å²) in [7, 11) is 1.91. The number of rotatable bonds is 1. The fraction of sp³-hybridized carbons (Fsp3) is 0.0714. The van der Waals surface area contributed by atoms with Crippen molar-refractivity contribution in [1.29, 1.82) is 0 Å². The van der Waals surface area contributed by atoms with E-state index in [1.54, 1.807) is 6.20 Å². The van der Waals surface area contributed by atoms with Gasteiger partial charge in [-0.15, -0.1) is 0 Å². The van der Waals surface area contributed by atoms with Gasteiger partial charge >= 0.3 is 0 Å². The molecule has 0 amide bonds. The van der Waals surface area contributed by atoms with E-state index in [2.05, 4.69) is 33.2 Å². The molecule has 18 heavy (non-hydrogen) atoms. The maximum Gasteiger partial charge on any atom is 0.0836 e. The molecule has 0 aliphatic carbocycles. The first-order valence-electron chi connectivity index (χ1n) is 5.53. The summed E-state index contributed by atoms with van der Waals surface area (Å²) in [5, 5.41) is 7.19. The van der Waals surface area contributed by atoms with Gasteiger partial charge in [0.05, 0.1) is 21.4 Å². The molecule has 0 bridgehead atoms. The lowest BCUT2D eigenvalue weighted by molar-refractivity contribution is 0.776. The Labute approximate surface area is 118 Å². The molecule has 3 aromatic rings. The first-order valence-corrected chi connectivity index (χ1v) is 6.70. The molecule has 1 heterocycles. The number of hydrogen-bond donors (Lipinski definition) is 0. The number of aromatic nitrogens is 2. The van der Waals surface area contributed by atoms with Gasteiger partial charge in [-0.25, -0.2) is 0 Å². The molecule has 0 saturated heterocycles. The monoisotopic (exact) mass is 320 g/mol. The predicted molar refractivity (Wildman–Crippen MR) is 78.9 cm³/mol. The minimum Gasteiger partial charge on any atom is -0.267 e. The highest BCUT2D eigenvalue weighted by Gasteiger charge is 2.13. The molecule has 2 nitrogen and oxygen atoms in total. The molecule has 3 rings (SSSR count). The summed E-state index contributed by atoms with van der Waals surface area (Å²) in [5.41, 5.74) is 1.98. The predicted octanol–water partition coefficient (Wildman–Crippen LogP) is 4.66. The van der Waals surface area contributed by atoms with E-state index in [1.807, 2.05) is 36.0 Å². The SMILES string of the molecule is Cn1ncc(Br)c1-c1ccc2ccccc2c1Cl. The van der Waals surface area contributed by atoms with Crippen LogP contribution >= 0.6 is 27.5 Å². The molecule has 0 N–H and O–H groups in total. The van der Waals surface area contributed by atoms with Crippen molar-refractivity contribution in [1.82, 2.24) is 9.78 Å². The van der Waals surface area contributed by atoms with Gasteiger partial charge in [0.1, 0.15) is 0 Å². The standard InChI is InChI=1S/C14H10BrClN2/c1-18-14(12(15)8-17-18)11-7-6-9-4-2-3-5-10(9)13(11)16/h2-8H,1H3. The van der Waals surface area contributed by atoms with E-state index >= 15 is 0 Å². The second kappa shape index (κ2) is 4.41. The topological polar surface area (TPSA) is 17.8 Å². The first kappa shape index (κ1) is 11.8. The summed E-state index contributed by atoms with van der Waals surface area (Å²) < 4.78 is 2.77. The lowest BCUT2D eigenvalue weighted by Crippen LogP contribution is -1.94. The van der Waals surface area contributed by atoms with Crippen molar-refractivity contribution in [3.63, 3.8) is 0 Å². The lowest BCUT2D eigenvalue weighted by atomic mass is 10.0. The van der Waals surface area contributed by atoms with E-state index in [0.29, 0.717) is 0 Å². The van der Waals surface area contributed by atoms with Gasteiger partial charge in [-0.1, -0.05) is 48.0 Å². The average Bonchev–Trinajstić information content (AvgIpc) is 2.71. The first-order chi connectivity index (χ1) is 8.68. The third kappa shape index (κ3) is 1.74. The van der Waals surface area contributed by atoms with Crippen LogP contribution in [0.1, 0.15) is 0 Å². The van der Waals surface area contributed by atoms with Crippen molar-refractivity contribution >= 4 is 38.3 Å². The summed E-state index contributed by atoms with van der Waals surface area (Å²) >= 11 is 10.0. The van der Waals surface area contributed by atoms with Gasteiger partial charge < -0.3 is 0 Å². The Bertz CT molecular complexity index is 714. The minimum absolute atomic E-state index is 0.761. The molecule has 0 aliphatic heterocycles. The molecule has 0 aliphatic rings. The summed E-state index contributed by atoms with van der Waals surface area (Å²) in [6.07, 6.45) is 1.78. The van der Waals surface area contributed by atoms with Crippen molar-refractivity contribution in [3.8, 4) is 11.3 Å². The van der Waals surface area contributed by atoms with Gasteiger partial charge in [0.2, 0.25) is 0 Å². The number of halogens is 2. The van der Waals surface area contributed by atoms with Gasteiger partial charge in [-0.05, 0) is 21.3 Å². The average molecular weight is 322 g/mol. The molecular weight excluding hydrogens is 312 g/mol. The molecule has 2 aromatic carbocycles. The van der Waals surface area contributed by atoms with Crippen LogP contribution in [0.25, 0.3) is 22.0 Å². The van der Waals surface area contributed by atoms with E-state index in [0.717, 1.165) is 31.5 Å². The Kier molecular flexibility index (Phi) is 2.88. The zero-order valence-corrected chi connectivity index (χ0v) is 12.0. The van der Waals surface area contributed by atoms with Gasteiger partial charge in [0, 0.05) is 18.0 Å². The largest absolute Gasteiger partial charge is 0.267 e. The maximum atomic E-state index is 6.52. The van der Waals surface area contributed by atoms with Crippen LogP contribution in [0.2, 0.25) is 5.02 Å². The van der Waals surface area contributed by atoms with Crippen LogP contribution in [0.3, 0.4) is 0 Å². The molecule has 0 fully saturated rings. The number of nitrogens with zero attached hydrogens (tertiary/aromatic N) is 2. The summed E-state index contributed by atoms with van der Waals surface area (Å²) in [6.45, 7) is 0. The third-order valence-electron chi connectivity index (χ3n) is 3.01. The maximum absolute atomic E-state index is 6.52. The second-order valence-electron chi connectivity index (χ2n) is 4.11. The van der Waals surface area contributed by atoms with Crippen molar-refractivity contribution in [2.24, 2.45) is 7.05 Å². The summed E-state index contributed by atoms with van der Waals surface area (Å²) in [6, 6.07) is 12.2. The van der Waals surface area contributed by atoms with Crippen LogP contribution < -0.4 is 0 Å². The molecule has 1 aromatic heterocycles. The van der Waals surface area contributed by atoms with Crippen molar-refractivity contribution in [2.45, 2.75) is 0 Å². The molecule has 0 saturated carbocycles. The van der Waals surface area contributed by atoms with Crippen LogP contribution in [0.5, 0.6) is 0 Å². The Balaban J connectivity index is 2.34. The fourth-order valence-corrected chi connectivity index (χ4v) is 3.02. The minimum atomic E-state index is 0.761. The Morgan fingerprint density at radius 2 is 1.94 bits per heavy atom. The van der Waals surface area contributed by atoms with E-state index in [9.17, 15) is 0 Å². The lowest BCUT2D eigenvalue weighted by Gasteiger charge is -2.09. The normalized spacial score (nSPS) is 11.1. The zero-order chi connectivity index (χ0) is 12.7. The second-order valence-corrected chi connectivity index (χ2v) is 5.35. The fourth-order valence-electron chi connectivity index (χ4n) is 2.13. The van der Waals surface area contributed by atoms with E-state index in [1.165, 1.54) is 0 Å². The molecule has 0 spiro atoms. The van der Waals surface area contributed by atoms with Gasteiger partial charge in [0.25, 0.3) is 0 Å². The number of fused-ring (bicyclic) bond motifs is 1.